The fourth-order valence-electron chi connectivity index (χ4n) is 2.58. The smallest absolute Gasteiger partial charge is 0.357 e. The summed E-state index contributed by atoms with van der Waals surface area (Å²) in [5.74, 6) is -3.96. The number of nitro groups is 2. The predicted octanol–water partition coefficient (Wildman–Crippen LogP) is 1.60. The number of hydroxylamine groups is 2. The highest BCUT2D eigenvalue weighted by Gasteiger charge is 2.22. The largest absolute Gasteiger partial charge is 0.478 e. The van der Waals surface area contributed by atoms with Crippen molar-refractivity contribution in [3.05, 3.63) is 78.9 Å². The monoisotopic (exact) mass is 494 g/mol. The van der Waals surface area contributed by atoms with Crippen LogP contribution in [0.5, 0.6) is 0 Å². The van der Waals surface area contributed by atoms with Gasteiger partial charge in [0, 0.05) is 37.4 Å². The van der Waals surface area contributed by atoms with Gasteiger partial charge in [0.25, 0.3) is 11.4 Å². The first-order valence-electron chi connectivity index (χ1n) is 9.59. The van der Waals surface area contributed by atoms with Gasteiger partial charge in [0.15, 0.2) is 0 Å². The average molecular weight is 494 g/mol. The molecule has 0 aliphatic heterocycles. The van der Waals surface area contributed by atoms with Crippen LogP contribution in [-0.4, -0.2) is 51.1 Å². The number of carboxylic acids is 2. The molecule has 0 saturated carbocycles. The van der Waals surface area contributed by atoms with Crippen LogP contribution in [0.2, 0.25) is 0 Å². The van der Waals surface area contributed by atoms with Crippen molar-refractivity contribution in [1.82, 2.24) is 11.0 Å². The summed E-state index contributed by atoms with van der Waals surface area (Å²) in [6.45, 7) is -0.0405. The molecule has 0 heterocycles. The Balaban J connectivity index is 1.70. The topological polar surface area (TPSA) is 230 Å². The van der Waals surface area contributed by atoms with Gasteiger partial charge in [-0.05, 0) is 24.1 Å². The summed E-state index contributed by atoms with van der Waals surface area (Å²) in [7, 11) is 0. The third-order valence-corrected chi connectivity index (χ3v) is 4.25. The Kier molecular flexibility index (Phi) is 9.67. The van der Waals surface area contributed by atoms with Gasteiger partial charge in [-0.1, -0.05) is 0 Å². The fourth-order valence-corrected chi connectivity index (χ4v) is 2.58. The Morgan fingerprint density at radius 3 is 2.00 bits per heavy atom. The Labute approximate surface area is 195 Å². The second kappa shape index (κ2) is 12.7. The van der Waals surface area contributed by atoms with E-state index in [4.69, 9.17) is 19.9 Å². The Hall–Kier alpha value is -4.51. The minimum Gasteiger partial charge on any atom is -0.478 e. The number of nitrogens with one attached hydrogen (secondary N) is 2. The highest BCUT2D eigenvalue weighted by molar-refractivity contribution is 6.02. The lowest BCUT2D eigenvalue weighted by Crippen LogP contribution is -2.26. The first-order valence-corrected chi connectivity index (χ1v) is 9.59. The Morgan fingerprint density at radius 2 is 1.40 bits per heavy atom. The van der Waals surface area contributed by atoms with Crippen LogP contribution in [0.1, 0.15) is 43.1 Å². The first-order chi connectivity index (χ1) is 16.6. The molecule has 16 heteroatoms. The maximum atomic E-state index is 12.0. The van der Waals surface area contributed by atoms with Crippen LogP contribution < -0.4 is 11.0 Å². The van der Waals surface area contributed by atoms with E-state index in [2.05, 4.69) is 15.9 Å². The molecule has 0 radical (unpaired) electrons. The molecule has 0 fully saturated rings. The van der Waals surface area contributed by atoms with E-state index in [1.807, 2.05) is 0 Å². The van der Waals surface area contributed by atoms with Gasteiger partial charge in [-0.2, -0.15) is 11.0 Å². The van der Waals surface area contributed by atoms with Crippen molar-refractivity contribution in [3.8, 4) is 0 Å². The molecule has 2 rings (SSSR count). The van der Waals surface area contributed by atoms with Crippen LogP contribution in [0, 0.1) is 20.2 Å². The van der Waals surface area contributed by atoms with Gasteiger partial charge >= 0.3 is 17.9 Å². The molecule has 0 aliphatic carbocycles. The molecule has 186 valence electrons. The van der Waals surface area contributed by atoms with E-state index >= 15 is 0 Å². The van der Waals surface area contributed by atoms with E-state index in [0.29, 0.717) is 6.42 Å². The van der Waals surface area contributed by atoms with E-state index in [1.165, 1.54) is 6.07 Å². The molecule has 0 bridgehead atoms. The first kappa shape index (κ1) is 26.7. The second-order valence-corrected chi connectivity index (χ2v) is 6.57. The molecule has 35 heavy (non-hydrogen) atoms. The van der Waals surface area contributed by atoms with Gasteiger partial charge in [-0.15, -0.1) is 4.99 Å². The average Bonchev–Trinajstić information content (AvgIpc) is 2.82. The minimum absolute atomic E-state index is 0.100. The zero-order chi connectivity index (χ0) is 26.0. The Bertz CT molecular complexity index is 1140. The summed E-state index contributed by atoms with van der Waals surface area (Å²) in [6, 6.07) is 5.94. The van der Waals surface area contributed by atoms with Crippen LogP contribution in [0.4, 0.5) is 11.4 Å². The van der Waals surface area contributed by atoms with Crippen molar-refractivity contribution in [2.24, 2.45) is 0 Å². The summed E-state index contributed by atoms with van der Waals surface area (Å²) in [4.78, 5) is 68.7. The summed E-state index contributed by atoms with van der Waals surface area (Å²) in [5, 5.41) is 39.8. The molecule has 0 aliphatic rings. The second-order valence-electron chi connectivity index (χ2n) is 6.57. The number of rotatable bonds is 14. The van der Waals surface area contributed by atoms with Crippen LogP contribution in [0.25, 0.3) is 0 Å². The van der Waals surface area contributed by atoms with Gasteiger partial charge in [0.1, 0.15) is 6.61 Å². The molecule has 2 aromatic carbocycles. The lowest BCUT2D eigenvalue weighted by molar-refractivity contribution is -0.385. The molecule has 4 N–H and O–H groups in total. The zero-order valence-electron chi connectivity index (χ0n) is 17.7. The van der Waals surface area contributed by atoms with Gasteiger partial charge in [-0.3, -0.25) is 20.2 Å². The van der Waals surface area contributed by atoms with Crippen LogP contribution in [0.3, 0.4) is 0 Å². The quantitative estimate of drug-likeness (QED) is 0.126. The van der Waals surface area contributed by atoms with Crippen molar-refractivity contribution >= 4 is 29.3 Å². The lowest BCUT2D eigenvalue weighted by atomic mass is 10.1. The summed E-state index contributed by atoms with van der Waals surface area (Å²) >= 11 is 0. The summed E-state index contributed by atoms with van der Waals surface area (Å²) in [6.07, 6.45) is 0.320. The number of carbonyl (C=O) groups is 3. The third-order valence-electron chi connectivity index (χ3n) is 4.25. The maximum Gasteiger partial charge on any atom is 0.357 e. The molecular weight excluding hydrogens is 476 g/mol. The summed E-state index contributed by atoms with van der Waals surface area (Å²) in [5.41, 5.74) is 2.69. The molecule has 16 nitrogen and oxygen atoms in total. The van der Waals surface area contributed by atoms with E-state index in [0.717, 1.165) is 30.3 Å². The zero-order valence-corrected chi connectivity index (χ0v) is 17.7. The van der Waals surface area contributed by atoms with E-state index in [9.17, 15) is 34.6 Å². The molecule has 0 saturated heterocycles. The number of nitro benzene ring substituents is 2. The lowest BCUT2D eigenvalue weighted by Gasteiger charge is -2.09. The van der Waals surface area contributed by atoms with Crippen molar-refractivity contribution < 1.29 is 49.2 Å². The minimum atomic E-state index is -1.54. The van der Waals surface area contributed by atoms with Gasteiger partial charge in [0.05, 0.1) is 26.5 Å². The van der Waals surface area contributed by atoms with Crippen molar-refractivity contribution in [3.63, 3.8) is 0 Å². The van der Waals surface area contributed by atoms with Crippen molar-refractivity contribution in [2.45, 2.75) is 13.0 Å². The number of carbonyl (C=O) groups excluding carboxylic acids is 1. The molecule has 0 amide bonds. The molecule has 0 unspecified atom stereocenters. The molecule has 0 atom stereocenters. The maximum absolute atomic E-state index is 12.0. The molecule has 0 aromatic heterocycles. The number of non-ortho nitro benzene ring substituents is 2. The van der Waals surface area contributed by atoms with Crippen molar-refractivity contribution in [1.29, 1.82) is 0 Å². The van der Waals surface area contributed by atoms with Crippen LogP contribution in [-0.2, 0) is 21.3 Å². The van der Waals surface area contributed by atoms with Crippen LogP contribution in [0.15, 0.2) is 36.4 Å². The summed E-state index contributed by atoms with van der Waals surface area (Å²) < 4.78 is 0. The SMILES string of the molecule is O=C(O)c1cc([N+](=O)[O-])ccc1COONCCCNOC(=O)c1ccc([N+](=O)[O-])cc1C(=O)O. The number of benzene rings is 2. The Morgan fingerprint density at radius 1 is 0.829 bits per heavy atom. The number of hydrogen-bond acceptors (Lipinski definition) is 12. The third kappa shape index (κ3) is 7.79. The number of hydrogen-bond donors (Lipinski definition) is 4. The van der Waals surface area contributed by atoms with E-state index in [1.54, 1.807) is 0 Å². The molecular formula is C19H18N4O12. The van der Waals surface area contributed by atoms with Gasteiger partial charge in [-0.25, -0.2) is 19.3 Å². The van der Waals surface area contributed by atoms with E-state index < -0.39 is 39.0 Å². The fraction of sp³-hybridized carbons (Fsp3) is 0.211. The molecule has 2 aromatic rings. The number of aromatic carboxylic acids is 2. The predicted molar refractivity (Wildman–Crippen MR) is 112 cm³/mol. The highest BCUT2D eigenvalue weighted by atomic mass is 17.3. The standard InChI is InChI=1S/C19H18N4O12/c24-17(25)15-8-12(22(29)30)3-2-11(15)10-33-35-21-7-1-6-20-34-19(28)14-5-4-13(23(31)32)9-16(14)18(26)27/h2-5,8-9,20-21H,1,6-7,10H2,(H,24,25)(H,26,27). The van der Waals surface area contributed by atoms with Gasteiger partial charge in [0.2, 0.25) is 0 Å². The normalized spacial score (nSPS) is 10.5. The molecule has 0 spiro atoms. The van der Waals surface area contributed by atoms with Crippen molar-refractivity contribution in [2.75, 3.05) is 13.1 Å². The van der Waals surface area contributed by atoms with Crippen LogP contribution >= 0.6 is 0 Å². The van der Waals surface area contributed by atoms with E-state index in [-0.39, 0.29) is 42.1 Å². The number of nitrogens with zero attached hydrogens (tertiary/aromatic N) is 2. The van der Waals surface area contributed by atoms with Gasteiger partial charge < -0.3 is 15.1 Å². The highest BCUT2D eigenvalue weighted by Crippen LogP contribution is 2.20. The number of carboxylic acid groups (broad SMARTS) is 2.